The van der Waals surface area contributed by atoms with Crippen LogP contribution in [0.1, 0.15) is 36.8 Å². The number of hydrogen-bond acceptors (Lipinski definition) is 6. The molecule has 2 aromatic carbocycles. The van der Waals surface area contributed by atoms with Crippen molar-refractivity contribution in [1.29, 1.82) is 0 Å². The average molecular weight is 427 g/mol. The normalized spacial score (nSPS) is 18.8. The van der Waals surface area contributed by atoms with Crippen LogP contribution < -0.4 is 14.8 Å². The van der Waals surface area contributed by atoms with E-state index in [1.54, 1.807) is 25.2 Å². The molecule has 1 aliphatic heterocycles. The third-order valence-electron chi connectivity index (χ3n) is 6.12. The number of rotatable bonds is 8. The molecular weight excluding hydrogens is 396 g/mol. The lowest BCUT2D eigenvalue weighted by molar-refractivity contribution is 0.156. The Bertz CT molecular complexity index is 926. The van der Waals surface area contributed by atoms with E-state index in [2.05, 4.69) is 5.32 Å². The number of hydrogen-bond donors (Lipinski definition) is 2. The quantitative estimate of drug-likeness (QED) is 0.612. The molecule has 166 valence electrons. The van der Waals surface area contributed by atoms with Crippen LogP contribution in [0.25, 0.3) is 0 Å². The van der Waals surface area contributed by atoms with Crippen LogP contribution in [0.2, 0.25) is 0 Å². The van der Waals surface area contributed by atoms with Crippen molar-refractivity contribution in [3.8, 4) is 17.2 Å². The van der Waals surface area contributed by atoms with Crippen molar-refractivity contribution in [2.45, 2.75) is 50.7 Å². The second-order valence-electron chi connectivity index (χ2n) is 8.23. The molecule has 0 radical (unpaired) electrons. The first kappa shape index (κ1) is 21.2. The number of cyclic esters (lactones) is 1. The predicted molar refractivity (Wildman–Crippen MR) is 118 cm³/mol. The molecule has 2 aliphatic rings. The summed E-state index contributed by atoms with van der Waals surface area (Å²) in [5, 5.41) is 13.7. The van der Waals surface area contributed by atoms with Crippen molar-refractivity contribution in [1.82, 2.24) is 4.90 Å². The summed E-state index contributed by atoms with van der Waals surface area (Å²) < 4.78 is 16.0. The van der Waals surface area contributed by atoms with Gasteiger partial charge in [-0.3, -0.25) is 4.90 Å². The minimum absolute atomic E-state index is 0.0792. The van der Waals surface area contributed by atoms with Crippen LogP contribution >= 0.6 is 0 Å². The van der Waals surface area contributed by atoms with Gasteiger partial charge in [-0.05, 0) is 54.7 Å². The van der Waals surface area contributed by atoms with Crippen LogP contribution in [-0.4, -0.2) is 49.0 Å². The average Bonchev–Trinajstić information content (AvgIpc) is 3.41. The Kier molecular flexibility index (Phi) is 6.39. The number of phenols is 1. The molecule has 4 rings (SSSR count). The molecule has 1 saturated heterocycles. The zero-order chi connectivity index (χ0) is 21.8. The third-order valence-corrected chi connectivity index (χ3v) is 6.12. The number of nitrogens with zero attached hydrogens (tertiary/aromatic N) is 1. The van der Waals surface area contributed by atoms with E-state index in [0.717, 1.165) is 29.7 Å². The maximum absolute atomic E-state index is 12.4. The number of anilines is 1. The van der Waals surface area contributed by atoms with E-state index in [4.69, 9.17) is 14.2 Å². The van der Waals surface area contributed by atoms with E-state index in [0.29, 0.717) is 37.1 Å². The summed E-state index contributed by atoms with van der Waals surface area (Å²) in [6.07, 6.45) is 5.05. The monoisotopic (exact) mass is 426 g/mol. The summed E-state index contributed by atoms with van der Waals surface area (Å²) in [6, 6.07) is 11.6. The zero-order valence-corrected chi connectivity index (χ0v) is 18.1. The van der Waals surface area contributed by atoms with Crippen molar-refractivity contribution < 1.29 is 24.1 Å². The predicted octanol–water partition coefficient (Wildman–Crippen LogP) is 4.33. The fourth-order valence-electron chi connectivity index (χ4n) is 4.42. The Morgan fingerprint density at radius 2 is 1.81 bits per heavy atom. The molecule has 2 fully saturated rings. The lowest BCUT2D eigenvalue weighted by atomic mass is 10.0. The summed E-state index contributed by atoms with van der Waals surface area (Å²) in [5.74, 6) is 1.54. The highest BCUT2D eigenvalue weighted by Crippen LogP contribution is 2.32. The van der Waals surface area contributed by atoms with Crippen molar-refractivity contribution in [2.75, 3.05) is 26.1 Å². The maximum Gasteiger partial charge on any atom is 0.410 e. The molecule has 7 heteroatoms. The molecule has 1 aliphatic carbocycles. The van der Waals surface area contributed by atoms with Crippen molar-refractivity contribution in [2.24, 2.45) is 0 Å². The maximum atomic E-state index is 12.4. The summed E-state index contributed by atoms with van der Waals surface area (Å²) in [7, 11) is 3.19. The van der Waals surface area contributed by atoms with E-state index in [9.17, 15) is 9.90 Å². The molecule has 7 nitrogen and oxygen atoms in total. The number of carbonyl (C=O) groups is 1. The number of nitrogens with one attached hydrogen (secondary N) is 1. The van der Waals surface area contributed by atoms with Crippen LogP contribution in [0.4, 0.5) is 10.5 Å². The van der Waals surface area contributed by atoms with Gasteiger partial charge in [-0.1, -0.05) is 25.0 Å². The van der Waals surface area contributed by atoms with E-state index >= 15 is 0 Å². The molecule has 2 N–H and O–H groups in total. The highest BCUT2D eigenvalue weighted by atomic mass is 16.6. The Morgan fingerprint density at radius 3 is 2.55 bits per heavy atom. The van der Waals surface area contributed by atoms with Crippen LogP contribution in [-0.2, 0) is 17.7 Å². The van der Waals surface area contributed by atoms with E-state index < -0.39 is 0 Å². The van der Waals surface area contributed by atoms with Gasteiger partial charge in [0.05, 0.1) is 25.9 Å². The molecule has 1 saturated carbocycles. The number of amides is 1. The Morgan fingerprint density at radius 1 is 1.06 bits per heavy atom. The van der Waals surface area contributed by atoms with E-state index in [-0.39, 0.29) is 17.9 Å². The Labute approximate surface area is 182 Å². The van der Waals surface area contributed by atoms with Gasteiger partial charge >= 0.3 is 6.09 Å². The van der Waals surface area contributed by atoms with Gasteiger partial charge in [-0.2, -0.15) is 0 Å². The third kappa shape index (κ3) is 4.81. The number of carbonyl (C=O) groups excluding carboxylic acids is 1. The summed E-state index contributed by atoms with van der Waals surface area (Å²) >= 11 is 0. The summed E-state index contributed by atoms with van der Waals surface area (Å²) in [5.41, 5.74) is 2.76. The molecule has 2 aromatic rings. The molecular formula is C24H30N2O5. The second-order valence-corrected chi connectivity index (χ2v) is 8.23. The van der Waals surface area contributed by atoms with Gasteiger partial charge in [-0.25, -0.2) is 4.79 Å². The first-order valence-corrected chi connectivity index (χ1v) is 10.8. The number of aromatic hydroxyl groups is 1. The minimum atomic E-state index is -0.317. The highest BCUT2D eigenvalue weighted by Gasteiger charge is 2.33. The molecule has 0 bridgehead atoms. The second kappa shape index (κ2) is 9.37. The lowest BCUT2D eigenvalue weighted by Gasteiger charge is -2.23. The molecule has 1 atom stereocenters. The summed E-state index contributed by atoms with van der Waals surface area (Å²) in [6.45, 7) is 0.771. The zero-order valence-electron chi connectivity index (χ0n) is 18.1. The molecule has 31 heavy (non-hydrogen) atoms. The van der Waals surface area contributed by atoms with Crippen molar-refractivity contribution in [3.05, 3.63) is 47.5 Å². The van der Waals surface area contributed by atoms with Gasteiger partial charge in [0.25, 0.3) is 0 Å². The number of methoxy groups -OCH3 is 2. The van der Waals surface area contributed by atoms with Gasteiger partial charge in [0.1, 0.15) is 12.4 Å². The number of ether oxygens (including phenoxy) is 3. The van der Waals surface area contributed by atoms with Crippen LogP contribution in [0, 0.1) is 0 Å². The first-order chi connectivity index (χ1) is 15.1. The van der Waals surface area contributed by atoms with Crippen molar-refractivity contribution >= 4 is 11.8 Å². The van der Waals surface area contributed by atoms with E-state index in [1.807, 2.05) is 30.3 Å². The first-order valence-electron chi connectivity index (χ1n) is 10.8. The lowest BCUT2D eigenvalue weighted by Crippen LogP contribution is -2.34. The van der Waals surface area contributed by atoms with Crippen LogP contribution in [0.5, 0.6) is 17.2 Å². The molecule has 1 heterocycles. The van der Waals surface area contributed by atoms with E-state index in [1.165, 1.54) is 12.8 Å². The molecule has 0 spiro atoms. The summed E-state index contributed by atoms with van der Waals surface area (Å²) in [4.78, 5) is 14.2. The molecule has 1 amide bonds. The highest BCUT2D eigenvalue weighted by molar-refractivity contribution is 5.70. The van der Waals surface area contributed by atoms with Crippen LogP contribution in [0.15, 0.2) is 36.4 Å². The van der Waals surface area contributed by atoms with Gasteiger partial charge in [0, 0.05) is 12.6 Å². The van der Waals surface area contributed by atoms with Gasteiger partial charge in [0.2, 0.25) is 0 Å². The Hall–Kier alpha value is -3.09. The van der Waals surface area contributed by atoms with Gasteiger partial charge in [0.15, 0.2) is 11.5 Å². The standard InChI is InChI=1S/C24H30N2O5/c1-29-22-10-8-17(13-23(22)30-2)14-26-19(15-31-24(26)28)11-16-7-9-21(27)20(12-16)25-18-5-3-4-6-18/h7-10,12-13,18-19,25,27H,3-6,11,14-15H2,1-2H3. The molecule has 0 aromatic heterocycles. The minimum Gasteiger partial charge on any atom is -0.506 e. The number of benzene rings is 2. The van der Waals surface area contributed by atoms with Crippen molar-refractivity contribution in [3.63, 3.8) is 0 Å². The van der Waals surface area contributed by atoms with Gasteiger partial charge in [-0.15, -0.1) is 0 Å². The van der Waals surface area contributed by atoms with Gasteiger partial charge < -0.3 is 24.6 Å². The Balaban J connectivity index is 1.47. The fraction of sp³-hybridized carbons (Fsp3) is 0.458. The van der Waals surface area contributed by atoms with Crippen LogP contribution in [0.3, 0.4) is 0 Å². The fourth-order valence-corrected chi connectivity index (χ4v) is 4.42. The SMILES string of the molecule is COc1ccc(CN2C(=O)OCC2Cc2ccc(O)c(NC3CCCC3)c2)cc1OC. The smallest absolute Gasteiger partial charge is 0.410 e. The largest absolute Gasteiger partial charge is 0.506 e. The number of phenolic OH excluding ortho intramolecular Hbond substituents is 1. The topological polar surface area (TPSA) is 80.3 Å². The molecule has 1 unspecified atom stereocenters.